The predicted octanol–water partition coefficient (Wildman–Crippen LogP) is 1.44. The molecule has 0 unspecified atom stereocenters. The maximum absolute atomic E-state index is 12.2. The van der Waals surface area contributed by atoms with Crippen molar-refractivity contribution >= 4 is 11.8 Å². The topological polar surface area (TPSA) is 136 Å². The average Bonchev–Trinajstić information content (AvgIpc) is 2.68. The van der Waals surface area contributed by atoms with Crippen molar-refractivity contribution in [2.45, 2.75) is 77.4 Å². The lowest BCUT2D eigenvalue weighted by Gasteiger charge is -2.18. The van der Waals surface area contributed by atoms with Crippen LogP contribution in [0.3, 0.4) is 0 Å². The highest BCUT2D eigenvalue weighted by Gasteiger charge is 2.16. The van der Waals surface area contributed by atoms with E-state index in [2.05, 4.69) is 10.6 Å². The number of benzene rings is 1. The van der Waals surface area contributed by atoms with Crippen molar-refractivity contribution in [1.29, 1.82) is 0 Å². The summed E-state index contributed by atoms with van der Waals surface area (Å²) < 4.78 is 0. The van der Waals surface area contributed by atoms with E-state index in [0.29, 0.717) is 25.9 Å². The lowest BCUT2D eigenvalue weighted by Crippen LogP contribution is -2.45. The Morgan fingerprint density at radius 2 is 1.52 bits per heavy atom. The number of nitrogens with one attached hydrogen (secondary N) is 2. The first-order valence-electron chi connectivity index (χ1n) is 10.3. The number of nitrogens with two attached hydrogens (primary N) is 3. The summed E-state index contributed by atoms with van der Waals surface area (Å²) in [5.41, 5.74) is 18.4. The Balaban J connectivity index is 0.00000784. The first-order chi connectivity index (χ1) is 13.4. The van der Waals surface area contributed by atoms with Gasteiger partial charge in [0.15, 0.2) is 0 Å². The Morgan fingerprint density at radius 3 is 2.14 bits per heavy atom. The third-order valence-corrected chi connectivity index (χ3v) is 4.66. The molecule has 0 bridgehead atoms. The number of carbonyl (C=O) groups is 2. The Labute approximate surface area is 176 Å². The van der Waals surface area contributed by atoms with E-state index >= 15 is 0 Å². The molecule has 0 radical (unpaired) electrons. The van der Waals surface area contributed by atoms with Crippen LogP contribution in [-0.4, -0.2) is 43.0 Å². The Hall–Kier alpha value is -1.96. The molecule has 7 heteroatoms. The van der Waals surface area contributed by atoms with Gasteiger partial charge in [0, 0.05) is 12.6 Å². The molecule has 1 aromatic carbocycles. The molecule has 0 aliphatic rings. The monoisotopic (exact) mass is 407 g/mol. The maximum atomic E-state index is 12.2. The normalized spacial score (nSPS) is 13.7. The molecule has 0 fully saturated rings. The minimum absolute atomic E-state index is 0. The largest absolute Gasteiger partial charge is 0.355 e. The number of amides is 2. The van der Waals surface area contributed by atoms with E-state index < -0.39 is 12.1 Å². The molecule has 1 aromatic rings. The summed E-state index contributed by atoms with van der Waals surface area (Å²) in [5, 5.41) is 5.80. The summed E-state index contributed by atoms with van der Waals surface area (Å²) >= 11 is 0. The molecular weight excluding hydrogens is 366 g/mol. The molecule has 0 aliphatic carbocycles. The molecule has 7 nitrogen and oxygen atoms in total. The first-order valence-corrected chi connectivity index (χ1v) is 10.3. The van der Waals surface area contributed by atoms with Gasteiger partial charge < -0.3 is 27.8 Å². The Morgan fingerprint density at radius 1 is 0.931 bits per heavy atom. The molecule has 0 saturated heterocycles. The van der Waals surface area contributed by atoms with Crippen LogP contribution in [0.1, 0.15) is 58.4 Å². The van der Waals surface area contributed by atoms with Gasteiger partial charge in [0.1, 0.15) is 0 Å². The smallest absolute Gasteiger partial charge is 0.237 e. The fraction of sp³-hybridized carbons (Fsp3) is 0.636. The van der Waals surface area contributed by atoms with E-state index in [1.165, 1.54) is 5.56 Å². The number of carbonyl (C=O) groups excluding carboxylic acids is 2. The summed E-state index contributed by atoms with van der Waals surface area (Å²) in [6, 6.07) is 9.05. The van der Waals surface area contributed by atoms with Crippen LogP contribution in [0.2, 0.25) is 0 Å². The van der Waals surface area contributed by atoms with E-state index in [9.17, 15) is 9.59 Å². The molecule has 3 atom stereocenters. The van der Waals surface area contributed by atoms with Crippen molar-refractivity contribution in [3.63, 3.8) is 0 Å². The van der Waals surface area contributed by atoms with Crippen LogP contribution in [0.15, 0.2) is 30.3 Å². The highest BCUT2D eigenvalue weighted by atomic mass is 16.2. The van der Waals surface area contributed by atoms with E-state index in [1.54, 1.807) is 0 Å². The van der Waals surface area contributed by atoms with E-state index in [1.807, 2.05) is 37.3 Å². The molecule has 29 heavy (non-hydrogen) atoms. The van der Waals surface area contributed by atoms with Crippen LogP contribution in [0.5, 0.6) is 0 Å². The summed E-state index contributed by atoms with van der Waals surface area (Å²) in [7, 11) is 0. The number of hydrogen-bond donors (Lipinski definition) is 5. The van der Waals surface area contributed by atoms with E-state index in [0.717, 1.165) is 32.1 Å². The molecule has 0 heterocycles. The van der Waals surface area contributed by atoms with E-state index in [-0.39, 0.29) is 25.3 Å². The zero-order valence-electron chi connectivity index (χ0n) is 17.0. The first kappa shape index (κ1) is 27.0. The second-order valence-electron chi connectivity index (χ2n) is 7.38. The summed E-state index contributed by atoms with van der Waals surface area (Å²) in [6.45, 7) is 3.14. The third-order valence-electron chi connectivity index (χ3n) is 4.66. The fourth-order valence-electron chi connectivity index (χ4n) is 2.97. The molecular formula is C22H41N5O2. The van der Waals surface area contributed by atoms with Gasteiger partial charge in [0.25, 0.3) is 0 Å². The van der Waals surface area contributed by atoms with E-state index in [4.69, 9.17) is 17.2 Å². The Bertz CT molecular complexity index is 568. The number of hydrogen-bond acceptors (Lipinski definition) is 5. The summed E-state index contributed by atoms with van der Waals surface area (Å²) in [5.74, 6) is -0.261. The van der Waals surface area contributed by atoms with Crippen LogP contribution < -0.4 is 27.8 Å². The van der Waals surface area contributed by atoms with Gasteiger partial charge in [-0.25, -0.2) is 0 Å². The lowest BCUT2D eigenvalue weighted by atomic mass is 10.1. The zero-order chi connectivity index (χ0) is 20.8. The average molecular weight is 408 g/mol. The molecule has 8 N–H and O–H groups in total. The number of rotatable bonds is 14. The zero-order valence-corrected chi connectivity index (χ0v) is 17.0. The van der Waals surface area contributed by atoms with Gasteiger partial charge in [0.05, 0.1) is 12.1 Å². The van der Waals surface area contributed by atoms with Crippen molar-refractivity contribution < 1.29 is 9.59 Å². The van der Waals surface area contributed by atoms with Crippen molar-refractivity contribution in [2.75, 3.05) is 13.1 Å². The highest BCUT2D eigenvalue weighted by molar-refractivity contribution is 5.82. The second kappa shape index (κ2) is 15.9. The van der Waals surface area contributed by atoms with Crippen LogP contribution >= 0.6 is 0 Å². The van der Waals surface area contributed by atoms with Gasteiger partial charge >= 0.3 is 0 Å². The molecule has 0 aromatic heterocycles. The van der Waals surface area contributed by atoms with Gasteiger partial charge in [-0.3, -0.25) is 9.59 Å². The van der Waals surface area contributed by atoms with Crippen LogP contribution in [0, 0.1) is 0 Å². The quantitative estimate of drug-likeness (QED) is 0.297. The van der Waals surface area contributed by atoms with Crippen molar-refractivity contribution in [3.8, 4) is 0 Å². The molecule has 0 saturated carbocycles. The highest BCUT2D eigenvalue weighted by Crippen LogP contribution is 2.04. The van der Waals surface area contributed by atoms with Gasteiger partial charge in [-0.2, -0.15) is 0 Å². The molecule has 1 rings (SSSR count). The van der Waals surface area contributed by atoms with Crippen LogP contribution in [0.25, 0.3) is 0 Å². The van der Waals surface area contributed by atoms with Crippen LogP contribution in [-0.2, 0) is 16.0 Å². The summed E-state index contributed by atoms with van der Waals surface area (Å²) in [4.78, 5) is 24.1. The second-order valence-corrected chi connectivity index (χ2v) is 7.38. The molecule has 166 valence electrons. The minimum atomic E-state index is -0.535. The van der Waals surface area contributed by atoms with Gasteiger partial charge in [0.2, 0.25) is 11.8 Å². The van der Waals surface area contributed by atoms with Gasteiger partial charge in [-0.1, -0.05) is 44.2 Å². The fourth-order valence-corrected chi connectivity index (χ4v) is 2.97. The van der Waals surface area contributed by atoms with Crippen molar-refractivity contribution in [3.05, 3.63) is 35.9 Å². The molecule has 0 spiro atoms. The Kier molecular flexibility index (Phi) is 14.8. The summed E-state index contributed by atoms with van der Waals surface area (Å²) in [6.07, 6.45) is 5.28. The molecule has 0 aliphatic heterocycles. The van der Waals surface area contributed by atoms with Gasteiger partial charge in [-0.15, -0.1) is 0 Å². The number of unbranched alkanes of at least 4 members (excludes halogenated alkanes) is 2. The third kappa shape index (κ3) is 12.3. The molecule has 2 amide bonds. The lowest BCUT2D eigenvalue weighted by molar-refractivity contribution is -0.123. The minimum Gasteiger partial charge on any atom is -0.355 e. The van der Waals surface area contributed by atoms with Crippen molar-refractivity contribution in [2.24, 2.45) is 17.2 Å². The SMILES string of the molecule is C.C[C@@H](Cc1ccccc1)NC(=O)[C@@H](N)CCCCNC(=O)[C@@H](N)CCCCN. The van der Waals surface area contributed by atoms with Crippen LogP contribution in [0.4, 0.5) is 0 Å². The van der Waals surface area contributed by atoms with Crippen molar-refractivity contribution in [1.82, 2.24) is 10.6 Å². The predicted molar refractivity (Wildman–Crippen MR) is 120 cm³/mol. The standard InChI is InChI=1S/C21H37N5O2.CH4/c1-16(15-17-9-3-2-4-10-17)26-21(28)19(24)12-6-8-14-25-20(27)18(23)11-5-7-13-22;/h2-4,9-10,16,18-19H,5-8,11-15,22-24H2,1H3,(H,25,27)(H,26,28);1H4/t16-,18-,19-;/m0./s1. The maximum Gasteiger partial charge on any atom is 0.237 e. The van der Waals surface area contributed by atoms with Gasteiger partial charge in [-0.05, 0) is 57.6 Å².